The first-order valence-corrected chi connectivity index (χ1v) is 6.09. The van der Waals surface area contributed by atoms with Gasteiger partial charge in [-0.2, -0.15) is 5.10 Å². The first kappa shape index (κ1) is 12.6. The highest BCUT2D eigenvalue weighted by Gasteiger charge is 2.03. The van der Waals surface area contributed by atoms with E-state index in [1.165, 1.54) is 0 Å². The van der Waals surface area contributed by atoms with E-state index in [1.54, 1.807) is 6.33 Å². The third-order valence-electron chi connectivity index (χ3n) is 2.80. The first-order chi connectivity index (χ1) is 8.81. The third-order valence-corrected chi connectivity index (χ3v) is 2.80. The third kappa shape index (κ3) is 3.07. The molecule has 0 unspecified atom stereocenters. The fourth-order valence-corrected chi connectivity index (χ4v) is 1.77. The zero-order valence-electron chi connectivity index (χ0n) is 10.5. The molecule has 0 atom stereocenters. The highest BCUT2D eigenvalue weighted by atomic mass is 16.5. The second-order valence-corrected chi connectivity index (χ2v) is 3.99. The number of ether oxygens (including phenoxy) is 1. The van der Waals surface area contributed by atoms with Crippen LogP contribution in [0.25, 0.3) is 0 Å². The topological polar surface area (TPSA) is 66.0 Å². The van der Waals surface area contributed by atoms with E-state index in [0.29, 0.717) is 13.2 Å². The average molecular weight is 246 g/mol. The smallest absolute Gasteiger partial charge is 0.152 e. The first-order valence-electron chi connectivity index (χ1n) is 6.09. The molecule has 0 radical (unpaired) electrons. The van der Waals surface area contributed by atoms with Crippen molar-refractivity contribution < 1.29 is 4.74 Å². The molecule has 0 bridgehead atoms. The van der Waals surface area contributed by atoms with Crippen LogP contribution in [-0.4, -0.2) is 21.4 Å². The largest absolute Gasteiger partial charge is 0.399 e. The Morgan fingerprint density at radius 2 is 2.17 bits per heavy atom. The molecule has 2 N–H and O–H groups in total. The summed E-state index contributed by atoms with van der Waals surface area (Å²) in [5, 5.41) is 4.09. The van der Waals surface area contributed by atoms with Gasteiger partial charge in [-0.25, -0.2) is 9.67 Å². The van der Waals surface area contributed by atoms with Crippen LogP contribution >= 0.6 is 0 Å². The number of aromatic nitrogens is 3. The van der Waals surface area contributed by atoms with Crippen LogP contribution in [0.1, 0.15) is 18.3 Å². The molecule has 96 valence electrons. The van der Waals surface area contributed by atoms with Gasteiger partial charge in [0.1, 0.15) is 12.9 Å². The molecule has 2 aromatic rings. The summed E-state index contributed by atoms with van der Waals surface area (Å²) in [5.41, 5.74) is 7.80. The molecule has 0 saturated heterocycles. The van der Waals surface area contributed by atoms with Crippen LogP contribution in [0.5, 0.6) is 0 Å². The van der Waals surface area contributed by atoms with Crippen LogP contribution < -0.4 is 5.73 Å². The number of rotatable bonds is 6. The summed E-state index contributed by atoms with van der Waals surface area (Å²) in [6.07, 6.45) is 2.37. The molecular formula is C13H18N4O. The lowest BCUT2D eigenvalue weighted by Gasteiger charge is -2.07. The molecule has 5 nitrogen and oxygen atoms in total. The van der Waals surface area contributed by atoms with Gasteiger partial charge in [0, 0.05) is 12.2 Å². The average Bonchev–Trinajstić information content (AvgIpc) is 2.84. The predicted octanol–water partition coefficient (Wildman–Crippen LogP) is 1.64. The Kier molecular flexibility index (Phi) is 4.30. The molecule has 0 fully saturated rings. The molecule has 5 heteroatoms. The summed E-state index contributed by atoms with van der Waals surface area (Å²) in [6.45, 7) is 3.96. The van der Waals surface area contributed by atoms with Crippen molar-refractivity contribution in [2.24, 2.45) is 0 Å². The van der Waals surface area contributed by atoms with Crippen molar-refractivity contribution in [3.63, 3.8) is 0 Å². The van der Waals surface area contributed by atoms with Gasteiger partial charge in [0.25, 0.3) is 0 Å². The van der Waals surface area contributed by atoms with E-state index in [-0.39, 0.29) is 0 Å². The van der Waals surface area contributed by atoms with Gasteiger partial charge in [0.05, 0.1) is 6.61 Å². The van der Waals surface area contributed by atoms with Crippen molar-refractivity contribution >= 4 is 5.69 Å². The normalized spacial score (nSPS) is 10.7. The molecule has 0 amide bonds. The van der Waals surface area contributed by atoms with E-state index in [9.17, 15) is 0 Å². The van der Waals surface area contributed by atoms with Crippen molar-refractivity contribution in [1.29, 1.82) is 0 Å². The minimum absolute atomic E-state index is 0.487. The Labute approximate surface area is 107 Å². The summed E-state index contributed by atoms with van der Waals surface area (Å²) >= 11 is 0. The highest BCUT2D eigenvalue weighted by Crippen LogP contribution is 2.11. The Morgan fingerprint density at radius 1 is 1.33 bits per heavy atom. The summed E-state index contributed by atoms with van der Waals surface area (Å²) < 4.78 is 7.43. The monoisotopic (exact) mass is 246 g/mol. The number of nitrogens with two attached hydrogens (primary N) is 1. The maximum absolute atomic E-state index is 5.86. The van der Waals surface area contributed by atoms with Crippen LogP contribution in [0.3, 0.4) is 0 Å². The zero-order valence-corrected chi connectivity index (χ0v) is 10.5. The second-order valence-electron chi connectivity index (χ2n) is 3.99. The van der Waals surface area contributed by atoms with Crippen molar-refractivity contribution in [3.05, 3.63) is 42.0 Å². The number of aryl methyl sites for hydroxylation is 1. The van der Waals surface area contributed by atoms with Crippen LogP contribution in [0, 0.1) is 0 Å². The standard InChI is InChI=1S/C13H18N4O/c1-2-17-13(15-10-16-17)9-18-8-7-11-5-3-4-6-12(11)14/h3-6,10H,2,7-9,14H2,1H3. The molecule has 1 heterocycles. The summed E-state index contributed by atoms with van der Waals surface area (Å²) in [6, 6.07) is 7.85. The van der Waals surface area contributed by atoms with Crippen LogP contribution in [0.2, 0.25) is 0 Å². The highest BCUT2D eigenvalue weighted by molar-refractivity contribution is 5.46. The Hall–Kier alpha value is -1.88. The van der Waals surface area contributed by atoms with Gasteiger partial charge in [-0.1, -0.05) is 18.2 Å². The Morgan fingerprint density at radius 3 is 2.94 bits per heavy atom. The molecule has 2 rings (SSSR count). The zero-order chi connectivity index (χ0) is 12.8. The van der Waals surface area contributed by atoms with Gasteiger partial charge < -0.3 is 10.5 Å². The predicted molar refractivity (Wildman–Crippen MR) is 69.9 cm³/mol. The number of benzene rings is 1. The van der Waals surface area contributed by atoms with Gasteiger partial charge in [0.15, 0.2) is 5.82 Å². The van der Waals surface area contributed by atoms with Crippen LogP contribution in [-0.2, 0) is 24.3 Å². The van der Waals surface area contributed by atoms with E-state index in [0.717, 1.165) is 30.0 Å². The number of anilines is 1. The Bertz CT molecular complexity index is 495. The summed E-state index contributed by atoms with van der Waals surface area (Å²) in [7, 11) is 0. The van der Waals surface area contributed by atoms with Crippen molar-refractivity contribution in [2.75, 3.05) is 12.3 Å². The molecular weight excluding hydrogens is 228 g/mol. The molecule has 0 saturated carbocycles. The van der Waals surface area contributed by atoms with E-state index >= 15 is 0 Å². The van der Waals surface area contributed by atoms with Crippen molar-refractivity contribution in [1.82, 2.24) is 14.8 Å². The van der Waals surface area contributed by atoms with Crippen molar-refractivity contribution in [2.45, 2.75) is 26.5 Å². The molecule has 0 aliphatic carbocycles. The number of hydrogen-bond acceptors (Lipinski definition) is 4. The molecule has 18 heavy (non-hydrogen) atoms. The number of hydrogen-bond donors (Lipinski definition) is 1. The summed E-state index contributed by atoms with van der Waals surface area (Å²) in [4.78, 5) is 4.15. The summed E-state index contributed by atoms with van der Waals surface area (Å²) in [5.74, 6) is 0.860. The number of nitrogen functional groups attached to an aromatic ring is 1. The minimum Gasteiger partial charge on any atom is -0.399 e. The van der Waals surface area contributed by atoms with Crippen LogP contribution in [0.4, 0.5) is 5.69 Å². The van der Waals surface area contributed by atoms with E-state index < -0.39 is 0 Å². The molecule has 1 aromatic carbocycles. The Balaban J connectivity index is 1.78. The molecule has 1 aromatic heterocycles. The molecule has 0 spiro atoms. The fourth-order valence-electron chi connectivity index (χ4n) is 1.77. The van der Waals surface area contributed by atoms with Gasteiger partial charge in [-0.05, 0) is 25.0 Å². The van der Waals surface area contributed by atoms with E-state index in [4.69, 9.17) is 10.5 Å². The SMILES string of the molecule is CCn1ncnc1COCCc1ccccc1N. The van der Waals surface area contributed by atoms with E-state index in [1.807, 2.05) is 35.9 Å². The lowest BCUT2D eigenvalue weighted by Crippen LogP contribution is -2.07. The maximum Gasteiger partial charge on any atom is 0.152 e. The molecule has 0 aliphatic heterocycles. The fraction of sp³-hybridized carbons (Fsp3) is 0.385. The number of para-hydroxylation sites is 1. The van der Waals surface area contributed by atoms with Crippen LogP contribution in [0.15, 0.2) is 30.6 Å². The quantitative estimate of drug-likeness (QED) is 0.621. The van der Waals surface area contributed by atoms with Crippen molar-refractivity contribution in [3.8, 4) is 0 Å². The maximum atomic E-state index is 5.86. The van der Waals surface area contributed by atoms with E-state index in [2.05, 4.69) is 10.1 Å². The second kappa shape index (κ2) is 6.16. The lowest BCUT2D eigenvalue weighted by molar-refractivity contribution is 0.115. The minimum atomic E-state index is 0.487. The molecule has 0 aliphatic rings. The van der Waals surface area contributed by atoms with Gasteiger partial charge in [-0.3, -0.25) is 0 Å². The van der Waals surface area contributed by atoms with Gasteiger partial charge in [0.2, 0.25) is 0 Å². The van der Waals surface area contributed by atoms with Gasteiger partial charge in [-0.15, -0.1) is 0 Å². The number of nitrogens with zero attached hydrogens (tertiary/aromatic N) is 3. The lowest BCUT2D eigenvalue weighted by atomic mass is 10.1. The van der Waals surface area contributed by atoms with Gasteiger partial charge >= 0.3 is 0 Å².